The van der Waals surface area contributed by atoms with Gasteiger partial charge in [0.2, 0.25) is 5.91 Å². The second kappa shape index (κ2) is 6.00. The van der Waals surface area contributed by atoms with Crippen molar-refractivity contribution in [1.29, 1.82) is 0 Å². The van der Waals surface area contributed by atoms with Crippen LogP contribution in [0.1, 0.15) is 22.2 Å². The number of carbonyl (C=O) groups is 2. The second-order valence-corrected chi connectivity index (χ2v) is 5.46. The van der Waals surface area contributed by atoms with E-state index >= 15 is 0 Å². The molecule has 0 fully saturated rings. The molecule has 0 aliphatic heterocycles. The molecule has 0 saturated carbocycles. The van der Waals surface area contributed by atoms with Crippen molar-refractivity contribution in [2.75, 3.05) is 13.1 Å². The fourth-order valence-electron chi connectivity index (χ4n) is 1.96. The van der Waals surface area contributed by atoms with E-state index < -0.39 is 0 Å². The van der Waals surface area contributed by atoms with Gasteiger partial charge in [-0.05, 0) is 24.6 Å². The Morgan fingerprint density at radius 3 is 2.60 bits per heavy atom. The number of benzene rings is 1. The molecule has 0 atom stereocenters. The van der Waals surface area contributed by atoms with E-state index in [2.05, 4.69) is 10.6 Å². The van der Waals surface area contributed by atoms with Crippen LogP contribution in [0.25, 0.3) is 10.1 Å². The molecule has 0 aliphatic carbocycles. The number of nitrogens with one attached hydrogen (secondary N) is 2. The molecule has 1 aromatic heterocycles. The van der Waals surface area contributed by atoms with E-state index in [1.165, 1.54) is 24.3 Å². The number of rotatable bonds is 4. The smallest absolute Gasteiger partial charge is 0.261 e. The fourth-order valence-corrected chi connectivity index (χ4v) is 3.10. The zero-order valence-corrected chi connectivity index (χ0v) is 12.1. The first-order valence-corrected chi connectivity index (χ1v) is 7.02. The van der Waals surface area contributed by atoms with Crippen molar-refractivity contribution in [3.05, 3.63) is 34.5 Å². The maximum absolute atomic E-state index is 13.7. The number of thiophene rings is 1. The van der Waals surface area contributed by atoms with Crippen molar-refractivity contribution in [2.24, 2.45) is 0 Å². The maximum atomic E-state index is 13.7. The van der Waals surface area contributed by atoms with Crippen LogP contribution in [-0.4, -0.2) is 24.9 Å². The molecule has 0 aliphatic rings. The fraction of sp³-hybridized carbons (Fsp3) is 0.286. The van der Waals surface area contributed by atoms with Crippen molar-refractivity contribution in [2.45, 2.75) is 13.8 Å². The lowest BCUT2D eigenvalue weighted by molar-refractivity contribution is -0.118. The molecular formula is C14H15FN2O2S. The molecule has 2 N–H and O–H groups in total. The number of fused-ring (bicyclic) bond motifs is 1. The first kappa shape index (κ1) is 14.5. The van der Waals surface area contributed by atoms with E-state index in [0.717, 1.165) is 4.70 Å². The van der Waals surface area contributed by atoms with Crippen LogP contribution < -0.4 is 10.6 Å². The summed E-state index contributed by atoms with van der Waals surface area (Å²) >= 11 is 1.27. The third-order valence-electron chi connectivity index (χ3n) is 2.89. The molecule has 2 amide bonds. The highest BCUT2D eigenvalue weighted by Gasteiger charge is 2.17. The Balaban J connectivity index is 2.13. The van der Waals surface area contributed by atoms with Crippen molar-refractivity contribution < 1.29 is 14.0 Å². The summed E-state index contributed by atoms with van der Waals surface area (Å²) in [5.74, 6) is -0.693. The first-order valence-electron chi connectivity index (χ1n) is 6.21. The van der Waals surface area contributed by atoms with Gasteiger partial charge in [0, 0.05) is 30.1 Å². The maximum Gasteiger partial charge on any atom is 0.261 e. The Morgan fingerprint density at radius 1 is 1.25 bits per heavy atom. The lowest BCUT2D eigenvalue weighted by Crippen LogP contribution is -2.33. The molecular weight excluding hydrogens is 279 g/mol. The number of carbonyl (C=O) groups excluding carboxylic acids is 2. The van der Waals surface area contributed by atoms with Crippen molar-refractivity contribution in [1.82, 2.24) is 10.6 Å². The summed E-state index contributed by atoms with van der Waals surface area (Å²) < 4.78 is 14.5. The lowest BCUT2D eigenvalue weighted by atomic mass is 10.1. The summed E-state index contributed by atoms with van der Waals surface area (Å²) in [7, 11) is 0. The normalized spacial score (nSPS) is 10.6. The molecule has 0 radical (unpaired) electrons. The van der Waals surface area contributed by atoms with Gasteiger partial charge in [-0.3, -0.25) is 9.59 Å². The predicted octanol–water partition coefficient (Wildman–Crippen LogP) is 2.21. The average Bonchev–Trinajstić information content (AvgIpc) is 2.73. The van der Waals surface area contributed by atoms with E-state index in [-0.39, 0.29) is 17.6 Å². The van der Waals surface area contributed by atoms with Crippen LogP contribution in [0.4, 0.5) is 4.39 Å². The van der Waals surface area contributed by atoms with Gasteiger partial charge in [-0.1, -0.05) is 6.07 Å². The van der Waals surface area contributed by atoms with Crippen molar-refractivity contribution in [3.8, 4) is 0 Å². The van der Waals surface area contributed by atoms with Gasteiger partial charge in [0.1, 0.15) is 5.82 Å². The van der Waals surface area contributed by atoms with E-state index in [1.54, 1.807) is 19.1 Å². The summed E-state index contributed by atoms with van der Waals surface area (Å²) in [4.78, 5) is 23.3. The Kier molecular flexibility index (Phi) is 4.34. The molecule has 2 rings (SSSR count). The lowest BCUT2D eigenvalue weighted by Gasteiger charge is -2.04. The number of halogens is 1. The Labute approximate surface area is 120 Å². The zero-order chi connectivity index (χ0) is 14.7. The first-order chi connectivity index (χ1) is 9.50. The van der Waals surface area contributed by atoms with Crippen LogP contribution >= 0.6 is 11.3 Å². The van der Waals surface area contributed by atoms with Crippen LogP contribution in [0.3, 0.4) is 0 Å². The third kappa shape index (κ3) is 2.96. The van der Waals surface area contributed by atoms with Gasteiger partial charge in [-0.15, -0.1) is 11.3 Å². The summed E-state index contributed by atoms with van der Waals surface area (Å²) in [6, 6.07) is 4.82. The molecule has 1 aromatic carbocycles. The summed E-state index contributed by atoms with van der Waals surface area (Å²) in [5.41, 5.74) is 0.653. The Morgan fingerprint density at radius 2 is 1.95 bits per heavy atom. The van der Waals surface area contributed by atoms with Gasteiger partial charge in [0.15, 0.2) is 0 Å². The molecule has 2 aromatic rings. The highest BCUT2D eigenvalue weighted by atomic mass is 32.1. The minimum absolute atomic E-state index is 0.139. The van der Waals surface area contributed by atoms with Gasteiger partial charge in [0.25, 0.3) is 5.91 Å². The molecule has 20 heavy (non-hydrogen) atoms. The highest BCUT2D eigenvalue weighted by molar-refractivity contribution is 7.21. The minimum atomic E-state index is -0.312. The topological polar surface area (TPSA) is 58.2 Å². The highest BCUT2D eigenvalue weighted by Crippen LogP contribution is 2.32. The average molecular weight is 294 g/mol. The van der Waals surface area contributed by atoms with Crippen molar-refractivity contribution >= 4 is 33.2 Å². The molecule has 0 saturated heterocycles. The summed E-state index contributed by atoms with van der Waals surface area (Å²) in [6.45, 7) is 3.87. The van der Waals surface area contributed by atoms with Gasteiger partial charge in [0.05, 0.1) is 4.88 Å². The Hall–Kier alpha value is -1.95. The van der Waals surface area contributed by atoms with E-state index in [4.69, 9.17) is 0 Å². The Bertz CT molecular complexity index is 666. The van der Waals surface area contributed by atoms with Crippen LogP contribution in [0.5, 0.6) is 0 Å². The molecule has 0 spiro atoms. The third-order valence-corrected chi connectivity index (χ3v) is 4.15. The number of hydrogen-bond donors (Lipinski definition) is 2. The van der Waals surface area contributed by atoms with Gasteiger partial charge in [-0.25, -0.2) is 4.39 Å². The molecule has 0 bridgehead atoms. The standard InChI is InChI=1S/C14H15FN2O2S/c1-8-12-10(15)4-3-5-11(12)20-13(8)14(19)17-7-6-16-9(2)18/h3-5H,6-7H2,1-2H3,(H,16,18)(H,17,19). The predicted molar refractivity (Wildman–Crippen MR) is 77.5 cm³/mol. The van der Waals surface area contributed by atoms with Crippen molar-refractivity contribution in [3.63, 3.8) is 0 Å². The van der Waals surface area contributed by atoms with Crippen LogP contribution in [-0.2, 0) is 4.79 Å². The van der Waals surface area contributed by atoms with Gasteiger partial charge >= 0.3 is 0 Å². The van der Waals surface area contributed by atoms with Gasteiger partial charge < -0.3 is 10.6 Å². The molecule has 1 heterocycles. The number of hydrogen-bond acceptors (Lipinski definition) is 3. The molecule has 106 valence electrons. The second-order valence-electron chi connectivity index (χ2n) is 4.41. The monoisotopic (exact) mass is 294 g/mol. The minimum Gasteiger partial charge on any atom is -0.355 e. The molecule has 4 nitrogen and oxygen atoms in total. The molecule has 6 heteroatoms. The van der Waals surface area contributed by atoms with Gasteiger partial charge in [-0.2, -0.15) is 0 Å². The van der Waals surface area contributed by atoms with E-state index in [1.807, 2.05) is 0 Å². The summed E-state index contributed by atoms with van der Waals surface area (Å²) in [6.07, 6.45) is 0. The van der Waals surface area contributed by atoms with Crippen LogP contribution in [0.2, 0.25) is 0 Å². The van der Waals surface area contributed by atoms with Crippen LogP contribution in [0.15, 0.2) is 18.2 Å². The SMILES string of the molecule is CC(=O)NCCNC(=O)c1sc2cccc(F)c2c1C. The number of aryl methyl sites for hydroxylation is 1. The van der Waals surface area contributed by atoms with E-state index in [9.17, 15) is 14.0 Å². The van der Waals surface area contributed by atoms with E-state index in [0.29, 0.717) is 28.9 Å². The molecule has 0 unspecified atom stereocenters. The summed E-state index contributed by atoms with van der Waals surface area (Å²) in [5, 5.41) is 5.81. The zero-order valence-electron chi connectivity index (χ0n) is 11.2. The quantitative estimate of drug-likeness (QED) is 0.849. The number of amides is 2. The van der Waals surface area contributed by atoms with Crippen LogP contribution in [0, 0.1) is 12.7 Å². The largest absolute Gasteiger partial charge is 0.355 e.